The number of aliphatic hydroxyl groups is 1. The van der Waals surface area contributed by atoms with Crippen LogP contribution in [0.3, 0.4) is 0 Å². The minimum absolute atomic E-state index is 0.0628. The molecule has 1 heterocycles. The van der Waals surface area contributed by atoms with Crippen LogP contribution in [0.25, 0.3) is 0 Å². The van der Waals surface area contributed by atoms with Gasteiger partial charge in [-0.3, -0.25) is 0 Å². The maximum Gasteiger partial charge on any atom is 0.224 e. The summed E-state index contributed by atoms with van der Waals surface area (Å²) in [4.78, 5) is 0. The summed E-state index contributed by atoms with van der Waals surface area (Å²) in [5.74, 6) is 0. The van der Waals surface area contributed by atoms with Crippen LogP contribution >= 0.6 is 15.9 Å². The average molecular weight is 230 g/mol. The number of nitrogens with zero attached hydrogens (tertiary/aromatic N) is 1. The van der Waals surface area contributed by atoms with Crippen LogP contribution in [-0.4, -0.2) is 41.7 Å². The first-order valence-electron chi connectivity index (χ1n) is 2.78. The van der Waals surface area contributed by atoms with Crippen molar-refractivity contribution < 1.29 is 13.5 Å². The van der Waals surface area contributed by atoms with E-state index in [-0.39, 0.29) is 17.8 Å². The molecule has 6 heteroatoms. The molecule has 60 valence electrons. The highest BCUT2D eigenvalue weighted by Gasteiger charge is 2.33. The smallest absolute Gasteiger partial charge is 0.224 e. The minimum Gasteiger partial charge on any atom is -0.390 e. The van der Waals surface area contributed by atoms with E-state index in [0.29, 0.717) is 0 Å². The zero-order chi connectivity index (χ0) is 7.78. The predicted octanol–water partition coefficient (Wildman–Crippen LogP) is -0.655. The standard InChI is InChI=1S/C4H8BrNO3S/c5-3-10(8,9)6-1-4(7)2-6/h4,7H,1-3H2. The highest BCUT2D eigenvalue weighted by Crippen LogP contribution is 2.14. The number of aliphatic hydroxyl groups excluding tert-OH is 1. The Kier molecular flexibility index (Phi) is 2.34. The third-order valence-electron chi connectivity index (χ3n) is 1.36. The lowest BCUT2D eigenvalue weighted by Gasteiger charge is -2.33. The molecule has 0 spiro atoms. The van der Waals surface area contributed by atoms with Gasteiger partial charge in [0.15, 0.2) is 0 Å². The van der Waals surface area contributed by atoms with E-state index in [1.807, 2.05) is 0 Å². The molecule has 0 radical (unpaired) electrons. The Morgan fingerprint density at radius 2 is 2.10 bits per heavy atom. The Hall–Kier alpha value is 0.350. The molecule has 1 saturated heterocycles. The highest BCUT2D eigenvalue weighted by molar-refractivity contribution is 9.10. The molecule has 4 nitrogen and oxygen atoms in total. The van der Waals surface area contributed by atoms with Gasteiger partial charge in [0.1, 0.15) is 4.66 Å². The van der Waals surface area contributed by atoms with Crippen LogP contribution in [-0.2, 0) is 10.0 Å². The summed E-state index contributed by atoms with van der Waals surface area (Å²) in [6.45, 7) is 0.488. The summed E-state index contributed by atoms with van der Waals surface area (Å²) in [7, 11) is -3.10. The first-order chi connectivity index (χ1) is 4.56. The first-order valence-corrected chi connectivity index (χ1v) is 5.51. The third-order valence-corrected chi connectivity index (χ3v) is 4.46. The lowest BCUT2D eigenvalue weighted by Crippen LogP contribution is -2.53. The van der Waals surface area contributed by atoms with Crippen molar-refractivity contribution >= 4 is 26.0 Å². The Balaban J connectivity index is 2.53. The predicted molar refractivity (Wildman–Crippen MR) is 40.3 cm³/mol. The summed E-state index contributed by atoms with van der Waals surface area (Å²) in [5, 5.41) is 8.76. The molecular formula is C4H8BrNO3S. The van der Waals surface area contributed by atoms with Gasteiger partial charge in [0.05, 0.1) is 6.10 Å². The number of hydrogen-bond donors (Lipinski definition) is 1. The van der Waals surface area contributed by atoms with E-state index in [9.17, 15) is 8.42 Å². The number of hydrogen-bond acceptors (Lipinski definition) is 3. The Labute approximate surface area is 68.0 Å². The molecular weight excluding hydrogens is 222 g/mol. The minimum atomic E-state index is -3.10. The molecule has 1 N–H and O–H groups in total. The van der Waals surface area contributed by atoms with E-state index in [1.54, 1.807) is 0 Å². The lowest BCUT2D eigenvalue weighted by molar-refractivity contribution is 0.0551. The molecule has 0 aliphatic carbocycles. The van der Waals surface area contributed by atoms with Crippen molar-refractivity contribution in [2.45, 2.75) is 6.10 Å². The van der Waals surface area contributed by atoms with Gasteiger partial charge in [-0.15, -0.1) is 0 Å². The Morgan fingerprint density at radius 1 is 1.60 bits per heavy atom. The fourth-order valence-corrected chi connectivity index (χ4v) is 2.52. The van der Waals surface area contributed by atoms with Crippen LogP contribution < -0.4 is 0 Å². The summed E-state index contributed by atoms with van der Waals surface area (Å²) < 4.78 is 23.0. The molecule has 0 aromatic heterocycles. The van der Waals surface area contributed by atoms with Gasteiger partial charge in [0, 0.05) is 13.1 Å². The number of alkyl halides is 1. The van der Waals surface area contributed by atoms with E-state index in [2.05, 4.69) is 15.9 Å². The zero-order valence-corrected chi connectivity index (χ0v) is 7.60. The topological polar surface area (TPSA) is 57.6 Å². The van der Waals surface area contributed by atoms with E-state index in [4.69, 9.17) is 5.11 Å². The summed E-state index contributed by atoms with van der Waals surface area (Å²) >= 11 is 2.85. The molecule has 0 atom stereocenters. The highest BCUT2D eigenvalue weighted by atomic mass is 79.9. The van der Waals surface area contributed by atoms with Gasteiger partial charge in [-0.2, -0.15) is 4.31 Å². The van der Waals surface area contributed by atoms with Crippen LogP contribution in [0.2, 0.25) is 0 Å². The Morgan fingerprint density at radius 3 is 2.40 bits per heavy atom. The molecule has 0 amide bonds. The number of halogens is 1. The maximum absolute atomic E-state index is 10.9. The quantitative estimate of drug-likeness (QED) is 0.641. The number of sulfonamides is 1. The monoisotopic (exact) mass is 229 g/mol. The molecule has 0 saturated carbocycles. The largest absolute Gasteiger partial charge is 0.390 e. The molecule has 1 rings (SSSR count). The van der Waals surface area contributed by atoms with Crippen molar-refractivity contribution in [2.24, 2.45) is 0 Å². The second kappa shape index (κ2) is 2.77. The van der Waals surface area contributed by atoms with Gasteiger partial charge in [-0.25, -0.2) is 8.42 Å². The molecule has 0 bridgehead atoms. The first kappa shape index (κ1) is 8.45. The lowest BCUT2D eigenvalue weighted by atomic mass is 10.2. The van der Waals surface area contributed by atoms with Crippen molar-refractivity contribution in [1.82, 2.24) is 4.31 Å². The molecule has 0 unspecified atom stereocenters. The van der Waals surface area contributed by atoms with Gasteiger partial charge in [-0.1, -0.05) is 15.9 Å². The second-order valence-electron chi connectivity index (χ2n) is 2.19. The van der Waals surface area contributed by atoms with E-state index in [1.165, 1.54) is 4.31 Å². The molecule has 10 heavy (non-hydrogen) atoms. The van der Waals surface area contributed by atoms with Crippen molar-refractivity contribution in [3.05, 3.63) is 0 Å². The van der Waals surface area contributed by atoms with Gasteiger partial charge in [-0.05, 0) is 0 Å². The molecule has 1 aliphatic rings. The maximum atomic E-state index is 10.9. The van der Waals surface area contributed by atoms with Crippen molar-refractivity contribution in [3.63, 3.8) is 0 Å². The summed E-state index contributed by atoms with van der Waals surface area (Å²) in [6.07, 6.45) is -0.464. The zero-order valence-electron chi connectivity index (χ0n) is 5.20. The molecule has 1 aliphatic heterocycles. The van der Waals surface area contributed by atoms with E-state index < -0.39 is 16.1 Å². The van der Waals surface area contributed by atoms with Crippen molar-refractivity contribution in [3.8, 4) is 0 Å². The van der Waals surface area contributed by atoms with E-state index in [0.717, 1.165) is 0 Å². The molecule has 0 aromatic rings. The summed E-state index contributed by atoms with van der Waals surface area (Å²) in [6, 6.07) is 0. The number of rotatable bonds is 2. The normalized spacial score (nSPS) is 22.6. The van der Waals surface area contributed by atoms with Gasteiger partial charge < -0.3 is 5.11 Å². The van der Waals surface area contributed by atoms with Gasteiger partial charge in [0.25, 0.3) is 0 Å². The fraction of sp³-hybridized carbons (Fsp3) is 1.00. The average Bonchev–Trinajstić information content (AvgIpc) is 1.81. The van der Waals surface area contributed by atoms with Crippen LogP contribution in [0, 0.1) is 0 Å². The molecule has 1 fully saturated rings. The second-order valence-corrected chi connectivity index (χ2v) is 5.46. The fourth-order valence-electron chi connectivity index (χ4n) is 0.713. The SMILES string of the molecule is O=S(=O)(CBr)N1CC(O)C1. The Bertz CT molecular complexity index is 209. The van der Waals surface area contributed by atoms with Crippen LogP contribution in [0.5, 0.6) is 0 Å². The van der Waals surface area contributed by atoms with Crippen LogP contribution in [0.4, 0.5) is 0 Å². The van der Waals surface area contributed by atoms with Gasteiger partial charge >= 0.3 is 0 Å². The van der Waals surface area contributed by atoms with Crippen molar-refractivity contribution in [2.75, 3.05) is 17.8 Å². The van der Waals surface area contributed by atoms with Crippen molar-refractivity contribution in [1.29, 1.82) is 0 Å². The third kappa shape index (κ3) is 1.50. The van der Waals surface area contributed by atoms with Crippen LogP contribution in [0.15, 0.2) is 0 Å². The van der Waals surface area contributed by atoms with Gasteiger partial charge in [0.2, 0.25) is 10.0 Å². The number of β-amino-alcohol motifs (C(OH)–C–C–N with tert-alkyl or cyclic N) is 1. The van der Waals surface area contributed by atoms with E-state index >= 15 is 0 Å². The molecule has 0 aromatic carbocycles. The van der Waals surface area contributed by atoms with Crippen LogP contribution in [0.1, 0.15) is 0 Å². The summed E-state index contributed by atoms with van der Waals surface area (Å²) in [5.41, 5.74) is 0.